The lowest BCUT2D eigenvalue weighted by Gasteiger charge is -2.22. The molecule has 4 nitrogen and oxygen atoms in total. The topological polar surface area (TPSA) is 64.7 Å². The lowest BCUT2D eigenvalue weighted by atomic mass is 10.1. The Morgan fingerprint density at radius 3 is 2.95 bits per heavy atom. The maximum absolute atomic E-state index is 10.1. The second kappa shape index (κ2) is 5.39. The van der Waals surface area contributed by atoms with Gasteiger partial charge in [0.25, 0.3) is 0 Å². The van der Waals surface area contributed by atoms with E-state index < -0.39 is 0 Å². The van der Waals surface area contributed by atoms with Gasteiger partial charge < -0.3 is 20.3 Å². The smallest absolute Gasteiger partial charge is 0.127 e. The number of hydrogen-bond donors (Lipinski definition) is 2. The van der Waals surface area contributed by atoms with E-state index in [1.807, 2.05) is 18.2 Å². The van der Waals surface area contributed by atoms with Gasteiger partial charge in [-0.1, -0.05) is 12.8 Å². The van der Waals surface area contributed by atoms with E-state index in [0.717, 1.165) is 42.7 Å². The minimum atomic E-state index is -0.362. The van der Waals surface area contributed by atoms with Crippen LogP contribution in [0.15, 0.2) is 18.2 Å². The minimum Gasteiger partial charge on any atom is -0.491 e. The molecule has 1 heterocycles. The van der Waals surface area contributed by atoms with Crippen molar-refractivity contribution < 1.29 is 14.6 Å². The van der Waals surface area contributed by atoms with Crippen molar-refractivity contribution in [3.63, 3.8) is 0 Å². The molecule has 2 aliphatic rings. The second-order valence-corrected chi connectivity index (χ2v) is 5.48. The van der Waals surface area contributed by atoms with E-state index in [1.165, 1.54) is 6.42 Å². The first-order valence-corrected chi connectivity index (χ1v) is 7.11. The molecular weight excluding hydrogens is 242 g/mol. The summed E-state index contributed by atoms with van der Waals surface area (Å²) >= 11 is 0. The van der Waals surface area contributed by atoms with Crippen molar-refractivity contribution in [1.82, 2.24) is 0 Å². The molecule has 3 N–H and O–H groups in total. The van der Waals surface area contributed by atoms with E-state index in [0.29, 0.717) is 6.61 Å². The first-order chi connectivity index (χ1) is 9.24. The highest BCUT2D eigenvalue weighted by atomic mass is 16.5. The summed E-state index contributed by atoms with van der Waals surface area (Å²) < 4.78 is 11.5. The first-order valence-electron chi connectivity index (χ1n) is 7.11. The van der Waals surface area contributed by atoms with E-state index in [2.05, 4.69) is 0 Å². The van der Waals surface area contributed by atoms with Gasteiger partial charge >= 0.3 is 0 Å². The Hall–Kier alpha value is -1.26. The predicted molar refractivity (Wildman–Crippen MR) is 72.4 cm³/mol. The summed E-state index contributed by atoms with van der Waals surface area (Å²) in [6, 6.07) is 5.74. The molecule has 0 radical (unpaired) electrons. The fourth-order valence-electron chi connectivity index (χ4n) is 2.85. The van der Waals surface area contributed by atoms with Crippen LogP contribution in [0.5, 0.6) is 11.5 Å². The summed E-state index contributed by atoms with van der Waals surface area (Å²) in [5.74, 6) is 1.58. The van der Waals surface area contributed by atoms with Crippen LogP contribution in [-0.2, 0) is 0 Å². The molecule has 4 heteroatoms. The van der Waals surface area contributed by atoms with Gasteiger partial charge in [-0.3, -0.25) is 0 Å². The third kappa shape index (κ3) is 2.69. The zero-order valence-electron chi connectivity index (χ0n) is 11.0. The number of benzene rings is 1. The number of aliphatic hydroxyl groups is 1. The molecule has 3 unspecified atom stereocenters. The number of rotatable bonds is 2. The van der Waals surface area contributed by atoms with E-state index in [4.69, 9.17) is 15.2 Å². The van der Waals surface area contributed by atoms with Crippen molar-refractivity contribution in [3.05, 3.63) is 23.8 Å². The average molecular weight is 263 g/mol. The quantitative estimate of drug-likeness (QED) is 0.802. The Morgan fingerprint density at radius 1 is 1.21 bits per heavy atom. The molecule has 1 aliphatic heterocycles. The van der Waals surface area contributed by atoms with E-state index in [9.17, 15) is 5.11 Å². The molecule has 0 bridgehead atoms. The Bertz CT molecular complexity index is 449. The van der Waals surface area contributed by atoms with Gasteiger partial charge in [-0.05, 0) is 31.4 Å². The molecular formula is C15H21NO3. The fourth-order valence-corrected chi connectivity index (χ4v) is 2.85. The summed E-state index contributed by atoms with van der Waals surface area (Å²) in [5, 5.41) is 10.1. The molecule has 1 aromatic carbocycles. The second-order valence-electron chi connectivity index (χ2n) is 5.48. The van der Waals surface area contributed by atoms with Gasteiger partial charge in [0.15, 0.2) is 0 Å². The summed E-state index contributed by atoms with van der Waals surface area (Å²) in [6.07, 6.45) is 4.67. The van der Waals surface area contributed by atoms with Gasteiger partial charge in [-0.25, -0.2) is 0 Å². The third-order valence-corrected chi connectivity index (χ3v) is 4.01. The van der Waals surface area contributed by atoms with Crippen LogP contribution in [0.2, 0.25) is 0 Å². The van der Waals surface area contributed by atoms with Crippen molar-refractivity contribution in [3.8, 4) is 11.5 Å². The first kappa shape index (κ1) is 12.8. The molecule has 19 heavy (non-hydrogen) atoms. The number of nitrogens with two attached hydrogens (primary N) is 1. The van der Waals surface area contributed by atoms with Gasteiger partial charge in [0, 0.05) is 11.6 Å². The lowest BCUT2D eigenvalue weighted by molar-refractivity contribution is 0.0319. The zero-order valence-corrected chi connectivity index (χ0v) is 11.0. The van der Waals surface area contributed by atoms with Crippen molar-refractivity contribution >= 4 is 0 Å². The van der Waals surface area contributed by atoms with Gasteiger partial charge in [0.05, 0.1) is 12.1 Å². The van der Waals surface area contributed by atoms with Crippen LogP contribution in [0.4, 0.5) is 0 Å². The molecule has 0 spiro atoms. The molecule has 1 aliphatic carbocycles. The zero-order chi connectivity index (χ0) is 13.2. The van der Waals surface area contributed by atoms with Crippen LogP contribution in [0, 0.1) is 0 Å². The van der Waals surface area contributed by atoms with E-state index in [-0.39, 0.29) is 18.2 Å². The van der Waals surface area contributed by atoms with Gasteiger partial charge in [-0.2, -0.15) is 0 Å². The van der Waals surface area contributed by atoms with Crippen LogP contribution in [0.25, 0.3) is 0 Å². The molecule has 3 rings (SSSR count). The minimum absolute atomic E-state index is 0.0347. The highest BCUT2D eigenvalue weighted by Gasteiger charge is 2.25. The molecule has 0 amide bonds. The summed E-state index contributed by atoms with van der Waals surface area (Å²) in [7, 11) is 0. The van der Waals surface area contributed by atoms with Gasteiger partial charge in [0.2, 0.25) is 0 Å². The highest BCUT2D eigenvalue weighted by Crippen LogP contribution is 2.35. The summed E-state index contributed by atoms with van der Waals surface area (Å²) in [5.41, 5.74) is 6.95. The van der Waals surface area contributed by atoms with Crippen molar-refractivity contribution in [2.75, 3.05) is 6.61 Å². The molecule has 0 saturated heterocycles. The fraction of sp³-hybridized carbons (Fsp3) is 0.600. The standard InChI is InChI=1S/C15H21NO3/c16-12-9-18-15-8-10(6-7-11(12)15)19-14-5-3-1-2-4-13(14)17/h6-8,12-14,17H,1-5,9,16H2. The van der Waals surface area contributed by atoms with Crippen LogP contribution in [0.3, 0.4) is 0 Å². The number of fused-ring (bicyclic) bond motifs is 1. The molecule has 1 aromatic rings. The summed E-state index contributed by atoms with van der Waals surface area (Å²) in [6.45, 7) is 0.533. The largest absolute Gasteiger partial charge is 0.491 e. The number of hydrogen-bond acceptors (Lipinski definition) is 4. The average Bonchev–Trinajstić information content (AvgIpc) is 2.65. The van der Waals surface area contributed by atoms with E-state index in [1.54, 1.807) is 0 Å². The van der Waals surface area contributed by atoms with Crippen LogP contribution in [-0.4, -0.2) is 23.9 Å². The third-order valence-electron chi connectivity index (χ3n) is 4.01. The molecule has 1 fully saturated rings. The lowest BCUT2D eigenvalue weighted by Crippen LogP contribution is -2.30. The maximum atomic E-state index is 10.1. The Balaban J connectivity index is 1.72. The maximum Gasteiger partial charge on any atom is 0.127 e. The van der Waals surface area contributed by atoms with E-state index >= 15 is 0 Å². The molecule has 3 atom stereocenters. The molecule has 0 aromatic heterocycles. The van der Waals surface area contributed by atoms with Crippen molar-refractivity contribution in [1.29, 1.82) is 0 Å². The SMILES string of the molecule is NC1COc2cc(OC3CCCCCC3O)ccc21. The molecule has 1 saturated carbocycles. The predicted octanol–water partition coefficient (Wildman–Crippen LogP) is 2.15. The van der Waals surface area contributed by atoms with Crippen molar-refractivity contribution in [2.24, 2.45) is 5.73 Å². The van der Waals surface area contributed by atoms with Crippen molar-refractivity contribution in [2.45, 2.75) is 50.4 Å². The number of aliphatic hydroxyl groups excluding tert-OH is 1. The highest BCUT2D eigenvalue weighted by molar-refractivity contribution is 5.44. The monoisotopic (exact) mass is 263 g/mol. The van der Waals surface area contributed by atoms with Gasteiger partial charge in [0.1, 0.15) is 24.2 Å². The van der Waals surface area contributed by atoms with Crippen LogP contribution >= 0.6 is 0 Å². The number of ether oxygens (including phenoxy) is 2. The summed E-state index contributed by atoms with van der Waals surface area (Å²) in [4.78, 5) is 0. The molecule has 104 valence electrons. The van der Waals surface area contributed by atoms with Gasteiger partial charge in [-0.15, -0.1) is 0 Å². The van der Waals surface area contributed by atoms with Crippen LogP contribution in [0.1, 0.15) is 43.7 Å². The Labute approximate surface area is 113 Å². The normalized spacial score (nSPS) is 30.3. The van der Waals surface area contributed by atoms with Crippen LogP contribution < -0.4 is 15.2 Å². The Morgan fingerprint density at radius 2 is 2.05 bits per heavy atom. The Kier molecular flexibility index (Phi) is 3.62.